The van der Waals surface area contributed by atoms with Gasteiger partial charge in [-0.05, 0) is 30.4 Å². The van der Waals surface area contributed by atoms with E-state index in [4.69, 9.17) is 4.74 Å². The van der Waals surface area contributed by atoms with Crippen LogP contribution in [-0.4, -0.2) is 40.5 Å². The number of methoxy groups -OCH3 is 1. The lowest BCUT2D eigenvalue weighted by atomic mass is 10.0. The number of thioether (sulfide) groups is 1. The maximum Gasteiger partial charge on any atom is 0.230 e. The van der Waals surface area contributed by atoms with Crippen LogP contribution in [-0.2, 0) is 17.6 Å². The van der Waals surface area contributed by atoms with Crippen molar-refractivity contribution in [3.8, 4) is 5.75 Å². The third kappa shape index (κ3) is 6.27. The molecule has 146 valence electrons. The van der Waals surface area contributed by atoms with Gasteiger partial charge in [0.15, 0.2) is 0 Å². The Labute approximate surface area is 164 Å². The number of para-hydroxylation sites is 1. The summed E-state index contributed by atoms with van der Waals surface area (Å²) in [6.45, 7) is 0.584. The summed E-state index contributed by atoms with van der Waals surface area (Å²) in [5, 5.41) is 10.8. The van der Waals surface area contributed by atoms with Gasteiger partial charge in [0.2, 0.25) is 11.1 Å². The highest BCUT2D eigenvalue weighted by Gasteiger charge is 2.16. The van der Waals surface area contributed by atoms with Crippen LogP contribution in [0.4, 0.5) is 0 Å². The zero-order valence-corrected chi connectivity index (χ0v) is 16.7. The van der Waals surface area contributed by atoms with Gasteiger partial charge in [0.05, 0.1) is 12.9 Å². The van der Waals surface area contributed by atoms with Crippen molar-refractivity contribution >= 4 is 17.7 Å². The molecule has 7 heteroatoms. The Morgan fingerprint density at radius 1 is 1.30 bits per heavy atom. The number of carbonyl (C=O) groups is 1. The second kappa shape index (κ2) is 10.3. The third-order valence-corrected chi connectivity index (χ3v) is 5.86. The fourth-order valence-corrected chi connectivity index (χ4v) is 4.17. The first-order chi connectivity index (χ1) is 13.2. The van der Waals surface area contributed by atoms with Crippen molar-refractivity contribution in [2.45, 2.75) is 50.1 Å². The van der Waals surface area contributed by atoms with Gasteiger partial charge < -0.3 is 10.1 Å². The molecule has 1 heterocycles. The van der Waals surface area contributed by atoms with Crippen LogP contribution >= 0.6 is 11.8 Å². The Hall–Kier alpha value is -2.02. The van der Waals surface area contributed by atoms with Gasteiger partial charge in [-0.3, -0.25) is 9.89 Å². The molecule has 0 radical (unpaired) electrons. The van der Waals surface area contributed by atoms with Gasteiger partial charge in [-0.15, -0.1) is 5.10 Å². The predicted octanol–water partition coefficient (Wildman–Crippen LogP) is 3.39. The van der Waals surface area contributed by atoms with Crippen LogP contribution < -0.4 is 10.1 Å². The molecule has 1 amide bonds. The molecule has 0 aliphatic heterocycles. The summed E-state index contributed by atoms with van der Waals surface area (Å²) < 4.78 is 5.33. The van der Waals surface area contributed by atoms with Crippen molar-refractivity contribution in [2.24, 2.45) is 5.92 Å². The van der Waals surface area contributed by atoms with Gasteiger partial charge in [0.25, 0.3) is 0 Å². The highest BCUT2D eigenvalue weighted by molar-refractivity contribution is 7.99. The zero-order valence-electron chi connectivity index (χ0n) is 15.9. The van der Waals surface area contributed by atoms with Crippen LogP contribution in [0.5, 0.6) is 5.75 Å². The first kappa shape index (κ1) is 19.7. The second-order valence-electron chi connectivity index (χ2n) is 6.95. The lowest BCUT2D eigenvalue weighted by Crippen LogP contribution is -2.27. The van der Waals surface area contributed by atoms with Crippen LogP contribution in [0.15, 0.2) is 29.4 Å². The minimum Gasteiger partial charge on any atom is -0.496 e. The zero-order chi connectivity index (χ0) is 18.9. The molecule has 1 saturated carbocycles. The molecular weight excluding hydrogens is 360 g/mol. The van der Waals surface area contributed by atoms with Gasteiger partial charge >= 0.3 is 0 Å². The van der Waals surface area contributed by atoms with Gasteiger partial charge in [0, 0.05) is 13.0 Å². The number of hydrogen-bond acceptors (Lipinski definition) is 5. The highest BCUT2D eigenvalue weighted by atomic mass is 32.2. The molecule has 1 aromatic carbocycles. The number of amides is 1. The molecule has 1 aliphatic carbocycles. The molecule has 1 fully saturated rings. The van der Waals surface area contributed by atoms with E-state index in [1.807, 2.05) is 24.3 Å². The molecule has 6 nitrogen and oxygen atoms in total. The van der Waals surface area contributed by atoms with Crippen LogP contribution in [0.25, 0.3) is 0 Å². The largest absolute Gasteiger partial charge is 0.496 e. The number of H-pyrrole nitrogens is 1. The number of aromatic nitrogens is 3. The fraction of sp³-hybridized carbons (Fsp3) is 0.550. The SMILES string of the molecule is COc1ccccc1CCNC(=O)CSc1n[nH]c(CCC2CCCC2)n1. The molecule has 0 spiro atoms. The number of nitrogens with one attached hydrogen (secondary N) is 2. The first-order valence-electron chi connectivity index (χ1n) is 9.67. The highest BCUT2D eigenvalue weighted by Crippen LogP contribution is 2.28. The third-order valence-electron chi connectivity index (χ3n) is 5.02. The van der Waals surface area contributed by atoms with Crippen molar-refractivity contribution in [1.29, 1.82) is 0 Å². The molecule has 0 saturated heterocycles. The number of benzene rings is 1. The summed E-state index contributed by atoms with van der Waals surface area (Å²) in [6.07, 6.45) is 8.32. The summed E-state index contributed by atoms with van der Waals surface area (Å²) in [5.74, 6) is 2.95. The number of ether oxygens (including phenoxy) is 1. The maximum absolute atomic E-state index is 12.0. The molecule has 2 N–H and O–H groups in total. The van der Waals surface area contributed by atoms with Crippen molar-refractivity contribution in [3.63, 3.8) is 0 Å². The Kier molecular flexibility index (Phi) is 7.56. The van der Waals surface area contributed by atoms with Crippen LogP contribution in [0.3, 0.4) is 0 Å². The molecular formula is C20H28N4O2S. The van der Waals surface area contributed by atoms with Crippen molar-refractivity contribution in [2.75, 3.05) is 19.4 Å². The Morgan fingerprint density at radius 2 is 2.11 bits per heavy atom. The van der Waals surface area contributed by atoms with Crippen molar-refractivity contribution in [3.05, 3.63) is 35.7 Å². The van der Waals surface area contributed by atoms with E-state index in [-0.39, 0.29) is 5.91 Å². The predicted molar refractivity (Wildman–Crippen MR) is 107 cm³/mol. The summed E-state index contributed by atoms with van der Waals surface area (Å²) >= 11 is 1.37. The Balaban J connectivity index is 1.34. The molecule has 2 aromatic rings. The minimum absolute atomic E-state index is 0.00722. The first-order valence-corrected chi connectivity index (χ1v) is 10.7. The van der Waals surface area contributed by atoms with Gasteiger partial charge in [0.1, 0.15) is 11.6 Å². The smallest absolute Gasteiger partial charge is 0.230 e. The maximum atomic E-state index is 12.0. The second-order valence-corrected chi connectivity index (χ2v) is 7.90. The molecule has 27 heavy (non-hydrogen) atoms. The van der Waals surface area contributed by atoms with E-state index in [0.717, 1.165) is 35.9 Å². The number of carbonyl (C=O) groups excluding carboxylic acids is 1. The van der Waals surface area contributed by atoms with Gasteiger partial charge in [-0.25, -0.2) is 4.98 Å². The van der Waals surface area contributed by atoms with Gasteiger partial charge in [-0.1, -0.05) is 55.6 Å². The quantitative estimate of drug-likeness (QED) is 0.610. The number of aryl methyl sites for hydroxylation is 1. The number of nitrogens with zero attached hydrogens (tertiary/aromatic N) is 2. The molecule has 0 atom stereocenters. The lowest BCUT2D eigenvalue weighted by molar-refractivity contribution is -0.118. The average Bonchev–Trinajstić information content (AvgIpc) is 3.37. The number of rotatable bonds is 10. The summed E-state index contributed by atoms with van der Waals surface area (Å²) in [4.78, 5) is 16.5. The monoisotopic (exact) mass is 388 g/mol. The molecule has 3 rings (SSSR count). The summed E-state index contributed by atoms with van der Waals surface area (Å²) in [5.41, 5.74) is 1.09. The van der Waals surface area contributed by atoms with Crippen LogP contribution in [0.1, 0.15) is 43.5 Å². The lowest BCUT2D eigenvalue weighted by Gasteiger charge is -2.08. The van der Waals surface area contributed by atoms with Crippen molar-refractivity contribution < 1.29 is 9.53 Å². The standard InChI is InChI=1S/C20H28N4O2S/c1-26-17-9-5-4-8-16(17)12-13-21-19(25)14-27-20-22-18(23-24-20)11-10-15-6-2-3-7-15/h4-5,8-9,15H,2-3,6-7,10-14H2,1H3,(H,21,25)(H,22,23,24). The summed E-state index contributed by atoms with van der Waals surface area (Å²) in [7, 11) is 1.66. The van der Waals surface area contributed by atoms with E-state index in [9.17, 15) is 4.79 Å². The van der Waals surface area contributed by atoms with E-state index >= 15 is 0 Å². The number of hydrogen-bond donors (Lipinski definition) is 2. The van der Waals surface area contributed by atoms with E-state index in [2.05, 4.69) is 20.5 Å². The van der Waals surface area contributed by atoms with E-state index < -0.39 is 0 Å². The normalized spacial score (nSPS) is 14.4. The molecule has 1 aliphatic rings. The Bertz CT molecular complexity index is 728. The fourth-order valence-electron chi connectivity index (χ4n) is 3.52. The van der Waals surface area contributed by atoms with Crippen LogP contribution in [0.2, 0.25) is 0 Å². The minimum atomic E-state index is -0.00722. The number of aromatic amines is 1. The average molecular weight is 389 g/mol. The van der Waals surface area contributed by atoms with E-state index in [0.29, 0.717) is 17.5 Å². The van der Waals surface area contributed by atoms with Gasteiger partial charge in [-0.2, -0.15) is 0 Å². The van der Waals surface area contributed by atoms with E-state index in [1.54, 1.807) is 7.11 Å². The topological polar surface area (TPSA) is 79.9 Å². The molecule has 1 aromatic heterocycles. The summed E-state index contributed by atoms with van der Waals surface area (Å²) in [6, 6.07) is 7.86. The van der Waals surface area contributed by atoms with E-state index in [1.165, 1.54) is 43.9 Å². The molecule has 0 bridgehead atoms. The molecule has 0 unspecified atom stereocenters. The Morgan fingerprint density at radius 3 is 2.93 bits per heavy atom. The van der Waals surface area contributed by atoms with Crippen molar-refractivity contribution in [1.82, 2.24) is 20.5 Å². The van der Waals surface area contributed by atoms with Crippen LogP contribution in [0, 0.1) is 5.92 Å².